The Labute approximate surface area is 91.8 Å². The van der Waals surface area contributed by atoms with E-state index in [1.54, 1.807) is 18.2 Å². The molecule has 0 fully saturated rings. The predicted molar refractivity (Wildman–Crippen MR) is 56.8 cm³/mol. The SMILES string of the molecule is OC(O)c1ccnc(-c2ccc(F)cc2)c1. The van der Waals surface area contributed by atoms with Crippen molar-refractivity contribution in [1.29, 1.82) is 0 Å². The van der Waals surface area contributed by atoms with Gasteiger partial charge in [0.05, 0.1) is 5.69 Å². The standard InChI is InChI=1S/C12H10FNO2/c13-10-3-1-8(2-4-10)11-7-9(12(15)16)5-6-14-11/h1-7,12,15-16H. The van der Waals surface area contributed by atoms with Crippen LogP contribution in [-0.2, 0) is 0 Å². The maximum absolute atomic E-state index is 12.7. The van der Waals surface area contributed by atoms with E-state index in [2.05, 4.69) is 4.98 Å². The highest BCUT2D eigenvalue weighted by Crippen LogP contribution is 2.20. The molecule has 1 heterocycles. The van der Waals surface area contributed by atoms with Gasteiger partial charge >= 0.3 is 0 Å². The maximum atomic E-state index is 12.7. The van der Waals surface area contributed by atoms with Crippen LogP contribution in [0.3, 0.4) is 0 Å². The molecule has 0 unspecified atom stereocenters. The molecule has 0 aliphatic heterocycles. The van der Waals surface area contributed by atoms with Crippen LogP contribution in [0, 0.1) is 5.82 Å². The summed E-state index contributed by atoms with van der Waals surface area (Å²) in [4.78, 5) is 4.08. The van der Waals surface area contributed by atoms with Crippen LogP contribution in [0.15, 0.2) is 42.6 Å². The second-order valence-corrected chi connectivity index (χ2v) is 3.35. The highest BCUT2D eigenvalue weighted by Gasteiger charge is 2.05. The number of hydrogen-bond acceptors (Lipinski definition) is 3. The normalized spacial score (nSPS) is 10.8. The van der Waals surface area contributed by atoms with E-state index in [9.17, 15) is 4.39 Å². The van der Waals surface area contributed by atoms with Gasteiger partial charge in [0.15, 0.2) is 6.29 Å². The zero-order valence-electron chi connectivity index (χ0n) is 8.34. The molecule has 1 aromatic carbocycles. The molecule has 0 saturated carbocycles. The van der Waals surface area contributed by atoms with Gasteiger partial charge in [-0.05, 0) is 36.4 Å². The van der Waals surface area contributed by atoms with Gasteiger partial charge in [0, 0.05) is 17.3 Å². The molecule has 0 atom stereocenters. The van der Waals surface area contributed by atoms with Crippen molar-refractivity contribution in [3.8, 4) is 11.3 Å². The summed E-state index contributed by atoms with van der Waals surface area (Å²) in [5.41, 5.74) is 1.66. The zero-order valence-corrected chi connectivity index (χ0v) is 8.34. The first kappa shape index (κ1) is 10.7. The topological polar surface area (TPSA) is 53.4 Å². The molecule has 0 amide bonds. The van der Waals surface area contributed by atoms with Crippen LogP contribution in [0.4, 0.5) is 4.39 Å². The Kier molecular flexibility index (Phi) is 2.94. The molecular formula is C12H10FNO2. The number of pyridine rings is 1. The van der Waals surface area contributed by atoms with Gasteiger partial charge in [-0.2, -0.15) is 0 Å². The Morgan fingerprint density at radius 3 is 2.38 bits per heavy atom. The summed E-state index contributed by atoms with van der Waals surface area (Å²) in [5.74, 6) is -0.318. The van der Waals surface area contributed by atoms with Gasteiger partial charge in [-0.15, -0.1) is 0 Å². The summed E-state index contributed by atoms with van der Waals surface area (Å²) in [6.45, 7) is 0. The van der Waals surface area contributed by atoms with Gasteiger partial charge in [0.1, 0.15) is 5.82 Å². The highest BCUT2D eigenvalue weighted by atomic mass is 19.1. The highest BCUT2D eigenvalue weighted by molar-refractivity contribution is 5.59. The third-order valence-corrected chi connectivity index (χ3v) is 2.22. The number of aliphatic hydroxyl groups excluding tert-OH is 1. The number of aliphatic hydroxyl groups is 2. The number of hydrogen-bond donors (Lipinski definition) is 2. The van der Waals surface area contributed by atoms with Crippen molar-refractivity contribution in [2.75, 3.05) is 0 Å². The molecule has 4 heteroatoms. The number of halogens is 1. The molecule has 0 aliphatic carbocycles. The van der Waals surface area contributed by atoms with E-state index in [4.69, 9.17) is 10.2 Å². The molecule has 0 radical (unpaired) electrons. The fraction of sp³-hybridized carbons (Fsp3) is 0.0833. The van der Waals surface area contributed by atoms with Crippen molar-refractivity contribution in [3.63, 3.8) is 0 Å². The number of rotatable bonds is 2. The van der Waals surface area contributed by atoms with Crippen molar-refractivity contribution < 1.29 is 14.6 Å². The second kappa shape index (κ2) is 4.38. The Hall–Kier alpha value is -1.78. The first-order chi connectivity index (χ1) is 7.66. The van der Waals surface area contributed by atoms with Crippen LogP contribution in [-0.4, -0.2) is 15.2 Å². The molecule has 0 saturated heterocycles. The van der Waals surface area contributed by atoms with E-state index in [-0.39, 0.29) is 5.82 Å². The van der Waals surface area contributed by atoms with Crippen molar-refractivity contribution >= 4 is 0 Å². The van der Waals surface area contributed by atoms with Gasteiger partial charge in [-0.25, -0.2) is 4.39 Å². The summed E-state index contributed by atoms with van der Waals surface area (Å²) in [6.07, 6.45) is -0.0461. The quantitative estimate of drug-likeness (QED) is 0.758. The van der Waals surface area contributed by atoms with E-state index < -0.39 is 6.29 Å². The Bertz CT molecular complexity index is 483. The van der Waals surface area contributed by atoms with Crippen LogP contribution >= 0.6 is 0 Å². The maximum Gasteiger partial charge on any atom is 0.178 e. The number of benzene rings is 1. The summed E-state index contributed by atoms with van der Waals surface area (Å²) >= 11 is 0. The molecule has 16 heavy (non-hydrogen) atoms. The monoisotopic (exact) mass is 219 g/mol. The average molecular weight is 219 g/mol. The van der Waals surface area contributed by atoms with E-state index in [0.717, 1.165) is 5.56 Å². The minimum atomic E-state index is -1.53. The fourth-order valence-electron chi connectivity index (χ4n) is 1.39. The minimum Gasteiger partial charge on any atom is -0.364 e. The Morgan fingerprint density at radius 1 is 1.06 bits per heavy atom. The summed E-state index contributed by atoms with van der Waals surface area (Å²) in [6, 6.07) is 8.91. The first-order valence-electron chi connectivity index (χ1n) is 4.75. The van der Waals surface area contributed by atoms with E-state index in [1.165, 1.54) is 24.4 Å². The lowest BCUT2D eigenvalue weighted by molar-refractivity contribution is -0.0425. The lowest BCUT2D eigenvalue weighted by Crippen LogP contribution is -1.96. The van der Waals surface area contributed by atoms with Crippen molar-refractivity contribution in [3.05, 3.63) is 54.0 Å². The van der Waals surface area contributed by atoms with Crippen molar-refractivity contribution in [2.24, 2.45) is 0 Å². The van der Waals surface area contributed by atoms with Crippen LogP contribution in [0.1, 0.15) is 11.9 Å². The van der Waals surface area contributed by atoms with Crippen LogP contribution in [0.25, 0.3) is 11.3 Å². The van der Waals surface area contributed by atoms with Gasteiger partial charge < -0.3 is 10.2 Å². The smallest absolute Gasteiger partial charge is 0.178 e. The molecule has 2 N–H and O–H groups in total. The average Bonchev–Trinajstić information content (AvgIpc) is 2.30. The number of nitrogens with zero attached hydrogens (tertiary/aromatic N) is 1. The summed E-state index contributed by atoms with van der Waals surface area (Å²) in [7, 11) is 0. The summed E-state index contributed by atoms with van der Waals surface area (Å²) < 4.78 is 12.7. The molecule has 1 aromatic heterocycles. The largest absolute Gasteiger partial charge is 0.364 e. The Balaban J connectivity index is 2.40. The fourth-order valence-corrected chi connectivity index (χ4v) is 1.39. The third kappa shape index (κ3) is 2.24. The Morgan fingerprint density at radius 2 is 1.75 bits per heavy atom. The van der Waals surface area contributed by atoms with Crippen molar-refractivity contribution in [1.82, 2.24) is 4.98 Å². The molecule has 3 nitrogen and oxygen atoms in total. The predicted octanol–water partition coefficient (Wildman–Crippen LogP) is 1.87. The van der Waals surface area contributed by atoms with E-state index >= 15 is 0 Å². The first-order valence-corrected chi connectivity index (χ1v) is 4.75. The minimum absolute atomic E-state index is 0.318. The molecular weight excluding hydrogens is 209 g/mol. The van der Waals surface area contributed by atoms with Crippen LogP contribution in [0.2, 0.25) is 0 Å². The van der Waals surface area contributed by atoms with Gasteiger partial charge in [0.2, 0.25) is 0 Å². The summed E-state index contributed by atoms with van der Waals surface area (Å²) in [5, 5.41) is 18.0. The van der Waals surface area contributed by atoms with E-state index in [1.807, 2.05) is 0 Å². The zero-order chi connectivity index (χ0) is 11.5. The van der Waals surface area contributed by atoms with Gasteiger partial charge in [0.25, 0.3) is 0 Å². The molecule has 2 aromatic rings. The van der Waals surface area contributed by atoms with Crippen LogP contribution < -0.4 is 0 Å². The molecule has 2 rings (SSSR count). The molecule has 0 bridgehead atoms. The lowest BCUT2D eigenvalue weighted by atomic mass is 10.1. The number of aromatic nitrogens is 1. The van der Waals surface area contributed by atoms with E-state index in [0.29, 0.717) is 11.3 Å². The molecule has 0 aliphatic rings. The van der Waals surface area contributed by atoms with Gasteiger partial charge in [-0.3, -0.25) is 4.98 Å². The molecule has 82 valence electrons. The second-order valence-electron chi connectivity index (χ2n) is 3.35. The third-order valence-electron chi connectivity index (χ3n) is 2.22. The molecule has 0 spiro atoms. The van der Waals surface area contributed by atoms with Crippen molar-refractivity contribution in [2.45, 2.75) is 6.29 Å². The van der Waals surface area contributed by atoms with Crippen LogP contribution in [0.5, 0.6) is 0 Å². The lowest BCUT2D eigenvalue weighted by Gasteiger charge is -2.06. The van der Waals surface area contributed by atoms with Gasteiger partial charge in [-0.1, -0.05) is 0 Å².